The molecule has 0 saturated carbocycles. The number of carbonyl (C=O) groups excluding carboxylic acids is 2. The minimum atomic E-state index is -0.309. The lowest BCUT2D eigenvalue weighted by atomic mass is 10.2. The van der Waals surface area contributed by atoms with Crippen LogP contribution in [0.3, 0.4) is 0 Å². The highest BCUT2D eigenvalue weighted by molar-refractivity contribution is 6.33. The molecule has 8 nitrogen and oxygen atoms in total. The van der Waals surface area contributed by atoms with Gasteiger partial charge in [-0.1, -0.05) is 23.7 Å². The molecule has 0 aliphatic carbocycles. The number of amides is 2. The van der Waals surface area contributed by atoms with Crippen LogP contribution in [0.15, 0.2) is 53.6 Å². The number of halogens is 1. The zero-order valence-corrected chi connectivity index (χ0v) is 17.1. The summed E-state index contributed by atoms with van der Waals surface area (Å²) in [6, 6.07) is 14.0. The highest BCUT2D eigenvalue weighted by Crippen LogP contribution is 2.20. The second-order valence-corrected chi connectivity index (χ2v) is 6.97. The number of nitrogens with zero attached hydrogens (tertiary/aromatic N) is 2. The Balaban J connectivity index is 1.39. The van der Waals surface area contributed by atoms with E-state index in [4.69, 9.17) is 21.1 Å². The summed E-state index contributed by atoms with van der Waals surface area (Å²) in [5.74, 6) is 0.0622. The topological polar surface area (TPSA) is 92.3 Å². The lowest BCUT2D eigenvalue weighted by molar-refractivity contribution is -0.123. The Morgan fingerprint density at radius 2 is 1.83 bits per heavy atom. The number of para-hydroxylation sites is 1. The minimum absolute atomic E-state index is 0.143. The van der Waals surface area contributed by atoms with Gasteiger partial charge >= 0.3 is 0 Å². The van der Waals surface area contributed by atoms with E-state index in [-0.39, 0.29) is 18.4 Å². The maximum Gasteiger partial charge on any atom is 0.262 e. The molecule has 1 fully saturated rings. The highest BCUT2D eigenvalue weighted by atomic mass is 35.5. The van der Waals surface area contributed by atoms with Crippen LogP contribution in [0, 0.1) is 0 Å². The molecule has 2 N–H and O–H groups in total. The number of hydrazone groups is 1. The number of nitrogens with one attached hydrogen (secondary N) is 2. The van der Waals surface area contributed by atoms with Crippen LogP contribution in [0.5, 0.6) is 5.75 Å². The van der Waals surface area contributed by atoms with Gasteiger partial charge in [-0.3, -0.25) is 14.5 Å². The molecule has 0 unspecified atom stereocenters. The monoisotopic (exact) mass is 430 g/mol. The Kier molecular flexibility index (Phi) is 8.20. The van der Waals surface area contributed by atoms with E-state index in [1.807, 2.05) is 4.90 Å². The quantitative estimate of drug-likeness (QED) is 0.494. The smallest absolute Gasteiger partial charge is 0.262 e. The van der Waals surface area contributed by atoms with Crippen molar-refractivity contribution in [1.82, 2.24) is 10.3 Å². The molecule has 1 aliphatic heterocycles. The second kappa shape index (κ2) is 11.3. The molecule has 30 heavy (non-hydrogen) atoms. The van der Waals surface area contributed by atoms with Crippen LogP contribution in [0.2, 0.25) is 5.02 Å². The summed E-state index contributed by atoms with van der Waals surface area (Å²) in [7, 11) is 0. The molecule has 1 heterocycles. The van der Waals surface area contributed by atoms with Crippen LogP contribution < -0.4 is 15.5 Å². The van der Waals surface area contributed by atoms with Gasteiger partial charge in [0.15, 0.2) is 6.61 Å². The number of ether oxygens (including phenoxy) is 2. The molecule has 0 aromatic heterocycles. The second-order valence-electron chi connectivity index (χ2n) is 6.57. The Labute approximate surface area is 179 Å². The van der Waals surface area contributed by atoms with Crippen molar-refractivity contribution in [3.8, 4) is 5.75 Å². The Morgan fingerprint density at radius 3 is 2.57 bits per heavy atom. The third-order valence-electron chi connectivity index (χ3n) is 4.27. The molecular weight excluding hydrogens is 408 g/mol. The van der Waals surface area contributed by atoms with Crippen molar-refractivity contribution in [2.45, 2.75) is 0 Å². The maximum absolute atomic E-state index is 12.0. The third kappa shape index (κ3) is 7.14. The van der Waals surface area contributed by atoms with E-state index in [1.54, 1.807) is 54.7 Å². The molecular formula is C21H23ClN4O4. The number of benzene rings is 2. The average molecular weight is 431 g/mol. The number of carbonyl (C=O) groups is 2. The van der Waals surface area contributed by atoms with Gasteiger partial charge < -0.3 is 14.8 Å². The molecule has 0 bridgehead atoms. The molecule has 3 rings (SSSR count). The van der Waals surface area contributed by atoms with Gasteiger partial charge in [-0.2, -0.15) is 5.10 Å². The first-order valence-electron chi connectivity index (χ1n) is 9.49. The van der Waals surface area contributed by atoms with Crippen molar-refractivity contribution in [2.24, 2.45) is 5.10 Å². The minimum Gasteiger partial charge on any atom is -0.484 e. The fourth-order valence-corrected chi connectivity index (χ4v) is 2.91. The van der Waals surface area contributed by atoms with E-state index in [1.165, 1.54) is 0 Å². The van der Waals surface area contributed by atoms with Gasteiger partial charge in [-0.15, -0.1) is 0 Å². The first-order valence-corrected chi connectivity index (χ1v) is 9.87. The van der Waals surface area contributed by atoms with E-state index < -0.39 is 0 Å². The molecule has 1 aliphatic rings. The molecule has 0 radical (unpaired) electrons. The number of hydrogen-bond acceptors (Lipinski definition) is 6. The van der Waals surface area contributed by atoms with Gasteiger partial charge in [0.25, 0.3) is 11.8 Å². The summed E-state index contributed by atoms with van der Waals surface area (Å²) in [5, 5.41) is 7.12. The predicted octanol–water partition coefficient (Wildman–Crippen LogP) is 2.14. The number of morpholine rings is 1. The van der Waals surface area contributed by atoms with E-state index in [0.29, 0.717) is 36.2 Å². The number of rotatable bonds is 8. The molecule has 2 amide bonds. The molecule has 0 atom stereocenters. The normalized spacial score (nSPS) is 14.4. The molecule has 1 saturated heterocycles. The van der Waals surface area contributed by atoms with Crippen molar-refractivity contribution >= 4 is 35.3 Å². The summed E-state index contributed by atoms with van der Waals surface area (Å²) in [4.78, 5) is 25.9. The molecule has 158 valence electrons. The SMILES string of the molecule is O=C(CN1CCOCC1)N/N=C\c1ccc(OCC(=O)Nc2ccccc2Cl)cc1. The Morgan fingerprint density at radius 1 is 1.10 bits per heavy atom. The van der Waals surface area contributed by atoms with Crippen LogP contribution in [-0.4, -0.2) is 62.4 Å². The third-order valence-corrected chi connectivity index (χ3v) is 4.60. The van der Waals surface area contributed by atoms with Crippen LogP contribution in [0.4, 0.5) is 5.69 Å². The fourth-order valence-electron chi connectivity index (χ4n) is 2.72. The summed E-state index contributed by atoms with van der Waals surface area (Å²) in [6.07, 6.45) is 1.55. The Bertz CT molecular complexity index is 883. The van der Waals surface area contributed by atoms with Crippen molar-refractivity contribution in [2.75, 3.05) is 44.8 Å². The molecule has 9 heteroatoms. The largest absolute Gasteiger partial charge is 0.484 e. The lowest BCUT2D eigenvalue weighted by Gasteiger charge is -2.25. The zero-order chi connectivity index (χ0) is 21.2. The fraction of sp³-hybridized carbons (Fsp3) is 0.286. The lowest BCUT2D eigenvalue weighted by Crippen LogP contribution is -2.42. The van der Waals surface area contributed by atoms with Crippen LogP contribution >= 0.6 is 11.6 Å². The van der Waals surface area contributed by atoms with E-state index in [2.05, 4.69) is 15.8 Å². The number of anilines is 1. The van der Waals surface area contributed by atoms with Gasteiger partial charge in [0.2, 0.25) is 0 Å². The van der Waals surface area contributed by atoms with Gasteiger partial charge in [0, 0.05) is 13.1 Å². The van der Waals surface area contributed by atoms with Gasteiger partial charge in [0.1, 0.15) is 5.75 Å². The van der Waals surface area contributed by atoms with Gasteiger partial charge in [-0.25, -0.2) is 5.43 Å². The maximum atomic E-state index is 12.0. The van der Waals surface area contributed by atoms with E-state index >= 15 is 0 Å². The van der Waals surface area contributed by atoms with Gasteiger partial charge in [-0.05, 0) is 42.0 Å². The van der Waals surface area contributed by atoms with Crippen LogP contribution in [-0.2, 0) is 14.3 Å². The molecule has 0 spiro atoms. The predicted molar refractivity (Wildman–Crippen MR) is 115 cm³/mol. The molecule has 2 aromatic carbocycles. The summed E-state index contributed by atoms with van der Waals surface area (Å²) in [6.45, 7) is 2.93. The highest BCUT2D eigenvalue weighted by Gasteiger charge is 2.13. The van der Waals surface area contributed by atoms with Crippen LogP contribution in [0.1, 0.15) is 5.56 Å². The van der Waals surface area contributed by atoms with Gasteiger partial charge in [0.05, 0.1) is 36.7 Å². The first kappa shape index (κ1) is 21.8. The number of hydrogen-bond donors (Lipinski definition) is 2. The summed E-state index contributed by atoms with van der Waals surface area (Å²) < 4.78 is 10.7. The van der Waals surface area contributed by atoms with Crippen molar-refractivity contribution in [3.63, 3.8) is 0 Å². The standard InChI is InChI=1S/C21H23ClN4O4/c22-18-3-1-2-4-19(18)24-21(28)15-30-17-7-5-16(6-8-17)13-23-25-20(27)14-26-9-11-29-12-10-26/h1-8,13H,9-12,14-15H2,(H,24,28)(H,25,27)/b23-13-. The first-order chi connectivity index (χ1) is 14.6. The average Bonchev–Trinajstić information content (AvgIpc) is 2.75. The van der Waals surface area contributed by atoms with E-state index in [0.717, 1.165) is 18.7 Å². The van der Waals surface area contributed by atoms with Crippen LogP contribution in [0.25, 0.3) is 0 Å². The van der Waals surface area contributed by atoms with E-state index in [9.17, 15) is 9.59 Å². The Hall–Kier alpha value is -2.94. The summed E-state index contributed by atoms with van der Waals surface area (Å²) in [5.41, 5.74) is 3.84. The van der Waals surface area contributed by atoms with Crippen molar-refractivity contribution < 1.29 is 19.1 Å². The molecule has 2 aromatic rings. The van der Waals surface area contributed by atoms with Crippen molar-refractivity contribution in [1.29, 1.82) is 0 Å². The zero-order valence-electron chi connectivity index (χ0n) is 16.3. The summed E-state index contributed by atoms with van der Waals surface area (Å²) >= 11 is 6.01. The van der Waals surface area contributed by atoms with Crippen molar-refractivity contribution in [3.05, 3.63) is 59.1 Å².